The zero-order chi connectivity index (χ0) is 12.5. The maximum atomic E-state index is 12.2. The molecule has 2 fully saturated rings. The first-order valence-electron chi connectivity index (χ1n) is 6.76. The van der Waals surface area contributed by atoms with Crippen molar-refractivity contribution >= 4 is 28.7 Å². The van der Waals surface area contributed by atoms with Crippen LogP contribution in [-0.2, 0) is 0 Å². The molecule has 0 amide bonds. The minimum atomic E-state index is 0.234. The third-order valence-electron chi connectivity index (χ3n) is 4.32. The zero-order valence-electron chi connectivity index (χ0n) is 10.4. The van der Waals surface area contributed by atoms with E-state index < -0.39 is 0 Å². The van der Waals surface area contributed by atoms with Crippen LogP contribution in [0.3, 0.4) is 0 Å². The molecule has 0 spiro atoms. The SMILES string of the molecule is O=C(CN1CCC2CCCCC21)c1ccc(Cl)s1. The van der Waals surface area contributed by atoms with Crippen LogP contribution in [0.2, 0.25) is 4.34 Å². The van der Waals surface area contributed by atoms with Crippen molar-refractivity contribution in [2.75, 3.05) is 13.1 Å². The summed E-state index contributed by atoms with van der Waals surface area (Å²) >= 11 is 7.28. The number of ketones is 1. The van der Waals surface area contributed by atoms with Crippen LogP contribution in [0.25, 0.3) is 0 Å². The third-order valence-corrected chi connectivity index (χ3v) is 5.59. The van der Waals surface area contributed by atoms with Crippen molar-refractivity contribution in [2.24, 2.45) is 5.92 Å². The molecule has 98 valence electrons. The number of hydrogen-bond acceptors (Lipinski definition) is 3. The number of carbonyl (C=O) groups excluding carboxylic acids is 1. The van der Waals surface area contributed by atoms with E-state index in [1.54, 1.807) is 0 Å². The van der Waals surface area contributed by atoms with Crippen LogP contribution in [0.5, 0.6) is 0 Å². The Balaban J connectivity index is 1.64. The number of thiophene rings is 1. The second-order valence-electron chi connectivity index (χ2n) is 5.40. The highest BCUT2D eigenvalue weighted by Gasteiger charge is 2.36. The molecular formula is C14H18ClNOS. The first-order chi connectivity index (χ1) is 8.74. The molecule has 1 aromatic heterocycles. The number of Topliss-reactive ketones (excluding diaryl/α,β-unsaturated/α-hetero) is 1. The highest BCUT2D eigenvalue weighted by atomic mass is 35.5. The van der Waals surface area contributed by atoms with Crippen LogP contribution in [-0.4, -0.2) is 29.8 Å². The number of nitrogens with zero attached hydrogens (tertiary/aromatic N) is 1. The van der Waals surface area contributed by atoms with E-state index in [2.05, 4.69) is 4.90 Å². The molecule has 2 heterocycles. The Hall–Kier alpha value is -0.380. The number of hydrogen-bond donors (Lipinski definition) is 0. The van der Waals surface area contributed by atoms with E-state index in [-0.39, 0.29) is 5.78 Å². The van der Waals surface area contributed by atoms with Crippen LogP contribution in [0.4, 0.5) is 0 Å². The van der Waals surface area contributed by atoms with Crippen LogP contribution >= 0.6 is 22.9 Å². The Morgan fingerprint density at radius 3 is 2.94 bits per heavy atom. The lowest BCUT2D eigenvalue weighted by Crippen LogP contribution is -2.38. The van der Waals surface area contributed by atoms with Crippen molar-refractivity contribution in [1.29, 1.82) is 0 Å². The van der Waals surface area contributed by atoms with Gasteiger partial charge in [-0.3, -0.25) is 9.69 Å². The van der Waals surface area contributed by atoms with Gasteiger partial charge < -0.3 is 0 Å². The summed E-state index contributed by atoms with van der Waals surface area (Å²) in [5, 5.41) is 0. The largest absolute Gasteiger partial charge is 0.293 e. The molecule has 1 aromatic rings. The number of fused-ring (bicyclic) bond motifs is 1. The summed E-state index contributed by atoms with van der Waals surface area (Å²) in [6, 6.07) is 4.33. The third kappa shape index (κ3) is 2.49. The van der Waals surface area contributed by atoms with Gasteiger partial charge in [-0.1, -0.05) is 24.4 Å². The summed E-state index contributed by atoms with van der Waals surface area (Å²) in [4.78, 5) is 15.4. The molecule has 0 aromatic carbocycles. The van der Waals surface area contributed by atoms with Gasteiger partial charge in [0, 0.05) is 6.04 Å². The molecule has 1 saturated heterocycles. The van der Waals surface area contributed by atoms with Crippen LogP contribution in [0, 0.1) is 5.92 Å². The maximum Gasteiger partial charge on any atom is 0.186 e. The number of rotatable bonds is 3. The molecule has 0 N–H and O–H groups in total. The van der Waals surface area contributed by atoms with Gasteiger partial charge in [0.05, 0.1) is 15.8 Å². The van der Waals surface area contributed by atoms with Gasteiger partial charge in [0.25, 0.3) is 0 Å². The maximum absolute atomic E-state index is 12.2. The van der Waals surface area contributed by atoms with Crippen molar-refractivity contribution in [3.63, 3.8) is 0 Å². The van der Waals surface area contributed by atoms with E-state index in [0.29, 0.717) is 16.9 Å². The molecule has 0 radical (unpaired) electrons. The van der Waals surface area contributed by atoms with Crippen molar-refractivity contribution in [2.45, 2.75) is 38.1 Å². The standard InChI is InChI=1S/C14H18ClNOS/c15-14-6-5-13(18-14)12(17)9-16-8-7-10-3-1-2-4-11(10)16/h5-6,10-11H,1-4,7-9H2. The summed E-state index contributed by atoms with van der Waals surface area (Å²) in [6.45, 7) is 1.68. The quantitative estimate of drug-likeness (QED) is 0.786. The number of carbonyl (C=O) groups is 1. The van der Waals surface area contributed by atoms with Gasteiger partial charge in [-0.2, -0.15) is 0 Å². The van der Waals surface area contributed by atoms with E-state index in [1.807, 2.05) is 12.1 Å². The fraction of sp³-hybridized carbons (Fsp3) is 0.643. The lowest BCUT2D eigenvalue weighted by atomic mass is 9.85. The van der Waals surface area contributed by atoms with E-state index in [9.17, 15) is 4.79 Å². The Bertz CT molecular complexity index is 445. The van der Waals surface area contributed by atoms with E-state index in [0.717, 1.165) is 17.3 Å². The number of likely N-dealkylation sites (tertiary alicyclic amines) is 1. The number of halogens is 1. The fourth-order valence-electron chi connectivity index (χ4n) is 3.43. The monoisotopic (exact) mass is 283 g/mol. The van der Waals surface area contributed by atoms with E-state index >= 15 is 0 Å². The lowest BCUT2D eigenvalue weighted by Gasteiger charge is -2.31. The van der Waals surface area contributed by atoms with E-state index in [1.165, 1.54) is 43.4 Å². The molecule has 1 aliphatic carbocycles. The molecule has 1 aliphatic heterocycles. The molecule has 0 bridgehead atoms. The molecule has 4 heteroatoms. The summed E-state index contributed by atoms with van der Waals surface area (Å²) in [5.74, 6) is 1.08. The Kier molecular flexibility index (Phi) is 3.73. The molecule has 3 rings (SSSR count). The van der Waals surface area contributed by atoms with Crippen molar-refractivity contribution in [3.8, 4) is 0 Å². The van der Waals surface area contributed by atoms with Gasteiger partial charge in [0.2, 0.25) is 0 Å². The molecule has 2 atom stereocenters. The van der Waals surface area contributed by atoms with Gasteiger partial charge in [0.1, 0.15) is 0 Å². The van der Waals surface area contributed by atoms with Gasteiger partial charge in [0.15, 0.2) is 5.78 Å². The highest BCUT2D eigenvalue weighted by molar-refractivity contribution is 7.18. The lowest BCUT2D eigenvalue weighted by molar-refractivity contribution is 0.0900. The first-order valence-corrected chi connectivity index (χ1v) is 7.96. The zero-order valence-corrected chi connectivity index (χ0v) is 12.0. The average molecular weight is 284 g/mol. The van der Waals surface area contributed by atoms with Gasteiger partial charge in [-0.15, -0.1) is 11.3 Å². The summed E-state index contributed by atoms with van der Waals surface area (Å²) in [6.07, 6.45) is 6.63. The molecule has 2 aliphatic rings. The first kappa shape index (κ1) is 12.6. The Morgan fingerprint density at radius 2 is 2.17 bits per heavy atom. The van der Waals surface area contributed by atoms with Crippen molar-refractivity contribution in [3.05, 3.63) is 21.3 Å². The van der Waals surface area contributed by atoms with Crippen LogP contribution in [0.1, 0.15) is 41.8 Å². The van der Waals surface area contributed by atoms with Crippen LogP contribution in [0.15, 0.2) is 12.1 Å². The summed E-state index contributed by atoms with van der Waals surface area (Å²) in [7, 11) is 0. The predicted octanol–water partition coefficient (Wildman–Crippen LogP) is 3.85. The van der Waals surface area contributed by atoms with Crippen LogP contribution < -0.4 is 0 Å². The molecular weight excluding hydrogens is 266 g/mol. The second kappa shape index (κ2) is 5.32. The van der Waals surface area contributed by atoms with E-state index in [4.69, 9.17) is 11.6 Å². The highest BCUT2D eigenvalue weighted by Crippen LogP contribution is 2.36. The average Bonchev–Trinajstić information content (AvgIpc) is 2.97. The molecule has 2 nitrogen and oxygen atoms in total. The summed E-state index contributed by atoms with van der Waals surface area (Å²) in [5.41, 5.74) is 0. The Morgan fingerprint density at radius 1 is 1.33 bits per heavy atom. The minimum absolute atomic E-state index is 0.234. The Labute approximate surface area is 117 Å². The fourth-order valence-corrected chi connectivity index (χ4v) is 4.40. The normalized spacial score (nSPS) is 28.3. The van der Waals surface area contributed by atoms with Crippen molar-refractivity contribution < 1.29 is 4.79 Å². The second-order valence-corrected chi connectivity index (χ2v) is 7.11. The van der Waals surface area contributed by atoms with Crippen molar-refractivity contribution in [1.82, 2.24) is 4.90 Å². The van der Waals surface area contributed by atoms with Gasteiger partial charge >= 0.3 is 0 Å². The minimum Gasteiger partial charge on any atom is -0.293 e. The predicted molar refractivity (Wildman–Crippen MR) is 75.6 cm³/mol. The molecule has 1 saturated carbocycles. The van der Waals surface area contributed by atoms with Gasteiger partial charge in [-0.05, 0) is 43.9 Å². The smallest absolute Gasteiger partial charge is 0.186 e. The molecule has 2 unspecified atom stereocenters. The molecule has 18 heavy (non-hydrogen) atoms. The topological polar surface area (TPSA) is 20.3 Å². The van der Waals surface area contributed by atoms with Gasteiger partial charge in [-0.25, -0.2) is 0 Å². The summed E-state index contributed by atoms with van der Waals surface area (Å²) < 4.78 is 0.704.